The van der Waals surface area contributed by atoms with Gasteiger partial charge in [0.1, 0.15) is 18.4 Å². The molecule has 4 aromatic rings. The molecule has 30 heavy (non-hydrogen) atoms. The highest BCUT2D eigenvalue weighted by molar-refractivity contribution is 7.19. The second kappa shape index (κ2) is 8.19. The molecule has 4 rings (SSSR count). The third kappa shape index (κ3) is 3.63. The van der Waals surface area contributed by atoms with E-state index in [0.717, 1.165) is 22.2 Å². The van der Waals surface area contributed by atoms with Crippen LogP contribution in [0.1, 0.15) is 17.4 Å². The summed E-state index contributed by atoms with van der Waals surface area (Å²) in [4.78, 5) is 26.4. The van der Waals surface area contributed by atoms with Crippen LogP contribution in [0, 0.1) is 0 Å². The summed E-state index contributed by atoms with van der Waals surface area (Å²) in [5, 5.41) is 6.99. The Hall–Kier alpha value is -3.33. The number of hydrogen-bond donors (Lipinski definition) is 1. The molecule has 0 spiro atoms. The zero-order valence-electron chi connectivity index (χ0n) is 17.0. The molecule has 156 valence electrons. The number of methoxy groups -OCH3 is 2. The van der Waals surface area contributed by atoms with Crippen LogP contribution < -0.4 is 20.3 Å². The Morgan fingerprint density at radius 2 is 1.93 bits per heavy atom. The molecule has 0 saturated heterocycles. The molecule has 0 radical (unpaired) electrons. The molecule has 9 heteroatoms. The number of benzene rings is 1. The van der Waals surface area contributed by atoms with E-state index >= 15 is 0 Å². The first-order valence-electron chi connectivity index (χ1n) is 9.51. The molecule has 0 aliphatic rings. The molecule has 1 N–H and O–H groups in total. The number of amides is 1. The van der Waals surface area contributed by atoms with Crippen molar-refractivity contribution in [1.29, 1.82) is 0 Å². The van der Waals surface area contributed by atoms with Crippen molar-refractivity contribution in [2.75, 3.05) is 14.2 Å². The normalized spacial score (nSPS) is 11.2. The summed E-state index contributed by atoms with van der Waals surface area (Å²) in [6.45, 7) is 2.25. The maximum absolute atomic E-state index is 12.8. The summed E-state index contributed by atoms with van der Waals surface area (Å²) in [5.74, 6) is 0.909. The van der Waals surface area contributed by atoms with Crippen molar-refractivity contribution in [3.05, 3.63) is 57.5 Å². The van der Waals surface area contributed by atoms with Gasteiger partial charge in [0.05, 0.1) is 24.4 Å². The SMILES string of the molecule is CCc1cc2c(cc3c(=O)n(CC(=O)NCc4ccc(OC)c(OC)c4)ncn32)s1. The Morgan fingerprint density at radius 1 is 1.13 bits per heavy atom. The maximum atomic E-state index is 12.8. The van der Waals surface area contributed by atoms with Gasteiger partial charge in [-0.05, 0) is 36.2 Å². The molecule has 0 bridgehead atoms. The number of aryl methyl sites for hydroxylation is 1. The lowest BCUT2D eigenvalue weighted by atomic mass is 10.2. The Kier molecular flexibility index (Phi) is 5.45. The second-order valence-corrected chi connectivity index (χ2v) is 7.94. The number of aromatic nitrogens is 3. The van der Waals surface area contributed by atoms with Crippen LogP contribution in [0.25, 0.3) is 15.7 Å². The maximum Gasteiger partial charge on any atom is 0.291 e. The molecule has 1 aromatic carbocycles. The largest absolute Gasteiger partial charge is 0.493 e. The molecule has 0 unspecified atom stereocenters. The smallest absolute Gasteiger partial charge is 0.291 e. The van der Waals surface area contributed by atoms with Crippen molar-refractivity contribution in [2.45, 2.75) is 26.4 Å². The molecule has 0 aliphatic heterocycles. The van der Waals surface area contributed by atoms with Crippen LogP contribution in [0.15, 0.2) is 41.5 Å². The number of thiophene rings is 1. The molecule has 0 fully saturated rings. The van der Waals surface area contributed by atoms with E-state index in [9.17, 15) is 9.59 Å². The summed E-state index contributed by atoms with van der Waals surface area (Å²) in [5.41, 5.74) is 2.05. The van der Waals surface area contributed by atoms with Crippen molar-refractivity contribution in [3.63, 3.8) is 0 Å². The Balaban J connectivity index is 1.49. The van der Waals surface area contributed by atoms with Crippen LogP contribution in [0.2, 0.25) is 0 Å². The van der Waals surface area contributed by atoms with E-state index in [1.54, 1.807) is 48.4 Å². The van der Waals surface area contributed by atoms with Gasteiger partial charge in [-0.25, -0.2) is 4.68 Å². The van der Waals surface area contributed by atoms with Crippen molar-refractivity contribution >= 4 is 33.0 Å². The van der Waals surface area contributed by atoms with Gasteiger partial charge in [-0.3, -0.25) is 14.0 Å². The summed E-state index contributed by atoms with van der Waals surface area (Å²) < 4.78 is 14.5. The summed E-state index contributed by atoms with van der Waals surface area (Å²) in [6.07, 6.45) is 2.54. The van der Waals surface area contributed by atoms with Crippen LogP contribution >= 0.6 is 11.3 Å². The van der Waals surface area contributed by atoms with Crippen molar-refractivity contribution in [2.24, 2.45) is 0 Å². The van der Waals surface area contributed by atoms with E-state index in [1.165, 1.54) is 9.56 Å². The first kappa shape index (κ1) is 20.0. The van der Waals surface area contributed by atoms with E-state index in [-0.39, 0.29) is 18.0 Å². The third-order valence-electron chi connectivity index (χ3n) is 4.92. The summed E-state index contributed by atoms with van der Waals surface area (Å²) in [6, 6.07) is 9.36. The Bertz CT molecular complexity index is 1290. The zero-order valence-corrected chi connectivity index (χ0v) is 17.8. The van der Waals surface area contributed by atoms with Crippen LogP contribution in [0.3, 0.4) is 0 Å². The monoisotopic (exact) mass is 426 g/mol. The minimum atomic E-state index is -0.301. The van der Waals surface area contributed by atoms with Gasteiger partial charge in [0.25, 0.3) is 5.56 Å². The highest BCUT2D eigenvalue weighted by Gasteiger charge is 2.14. The molecular weight excluding hydrogens is 404 g/mol. The fraction of sp³-hybridized carbons (Fsp3) is 0.286. The minimum Gasteiger partial charge on any atom is -0.493 e. The summed E-state index contributed by atoms with van der Waals surface area (Å²) >= 11 is 1.67. The number of carbonyl (C=O) groups excluding carboxylic acids is 1. The predicted molar refractivity (Wildman–Crippen MR) is 116 cm³/mol. The van der Waals surface area contributed by atoms with Gasteiger partial charge >= 0.3 is 0 Å². The topological polar surface area (TPSA) is 86.9 Å². The van der Waals surface area contributed by atoms with Gasteiger partial charge in [0.2, 0.25) is 5.91 Å². The van der Waals surface area contributed by atoms with Gasteiger partial charge in [-0.15, -0.1) is 11.3 Å². The van der Waals surface area contributed by atoms with Gasteiger partial charge < -0.3 is 14.8 Å². The number of nitrogens with zero attached hydrogens (tertiary/aromatic N) is 3. The standard InChI is InChI=1S/C21H22N4O4S/c1-4-14-8-15-19(30-14)9-16-21(27)25(23-12-24(15)16)11-20(26)22-10-13-5-6-17(28-2)18(7-13)29-3/h5-9,12H,4,10-11H2,1-3H3,(H,22,26). The Morgan fingerprint density at radius 3 is 2.67 bits per heavy atom. The molecule has 0 saturated carbocycles. The fourth-order valence-corrected chi connectivity index (χ4v) is 4.35. The van der Waals surface area contributed by atoms with Crippen molar-refractivity contribution in [3.8, 4) is 11.5 Å². The molecular formula is C21H22N4O4S. The van der Waals surface area contributed by atoms with Gasteiger partial charge in [-0.2, -0.15) is 5.10 Å². The molecule has 3 aromatic heterocycles. The highest BCUT2D eigenvalue weighted by Crippen LogP contribution is 2.28. The average Bonchev–Trinajstić information content (AvgIpc) is 3.32. The van der Waals surface area contributed by atoms with Gasteiger partial charge in [0, 0.05) is 11.4 Å². The van der Waals surface area contributed by atoms with Crippen LogP contribution in [0.4, 0.5) is 0 Å². The number of ether oxygens (including phenoxy) is 2. The molecule has 0 aliphatic carbocycles. The van der Waals surface area contributed by atoms with Crippen LogP contribution in [-0.2, 0) is 24.3 Å². The second-order valence-electron chi connectivity index (χ2n) is 6.78. The lowest BCUT2D eigenvalue weighted by molar-refractivity contribution is -0.122. The Labute approximate surface area is 176 Å². The molecule has 0 atom stereocenters. The molecule has 1 amide bonds. The van der Waals surface area contributed by atoms with E-state index < -0.39 is 0 Å². The van der Waals surface area contributed by atoms with Crippen LogP contribution in [0.5, 0.6) is 11.5 Å². The fourth-order valence-electron chi connectivity index (χ4n) is 3.32. The average molecular weight is 426 g/mol. The molecule has 3 heterocycles. The van der Waals surface area contributed by atoms with Crippen molar-refractivity contribution < 1.29 is 14.3 Å². The number of nitrogens with one attached hydrogen (secondary N) is 1. The predicted octanol–water partition coefficient (Wildman–Crippen LogP) is 2.61. The van der Waals surface area contributed by atoms with E-state index in [1.807, 2.05) is 12.1 Å². The highest BCUT2D eigenvalue weighted by atomic mass is 32.1. The zero-order chi connectivity index (χ0) is 21.3. The first-order chi connectivity index (χ1) is 14.5. The van der Waals surface area contributed by atoms with Crippen molar-refractivity contribution in [1.82, 2.24) is 19.5 Å². The number of carbonyl (C=O) groups is 1. The quantitative estimate of drug-likeness (QED) is 0.491. The third-order valence-corrected chi connectivity index (χ3v) is 6.13. The van der Waals surface area contributed by atoms with Crippen LogP contribution in [-0.4, -0.2) is 34.3 Å². The summed E-state index contributed by atoms with van der Waals surface area (Å²) in [7, 11) is 3.13. The lowest BCUT2D eigenvalue weighted by Gasteiger charge is -2.11. The number of fused-ring (bicyclic) bond motifs is 3. The van der Waals surface area contributed by atoms with E-state index in [2.05, 4.69) is 23.4 Å². The van der Waals surface area contributed by atoms with Gasteiger partial charge in [-0.1, -0.05) is 13.0 Å². The minimum absolute atomic E-state index is 0.151. The lowest BCUT2D eigenvalue weighted by Crippen LogP contribution is -2.33. The first-order valence-corrected chi connectivity index (χ1v) is 10.3. The van der Waals surface area contributed by atoms with E-state index in [0.29, 0.717) is 23.6 Å². The number of hydrogen-bond acceptors (Lipinski definition) is 6. The number of rotatable bonds is 7. The van der Waals surface area contributed by atoms with Gasteiger partial charge in [0.15, 0.2) is 11.5 Å². The molecule has 8 nitrogen and oxygen atoms in total. The van der Waals surface area contributed by atoms with E-state index in [4.69, 9.17) is 9.47 Å².